The first-order valence-corrected chi connectivity index (χ1v) is 9.47. The average Bonchev–Trinajstić information content (AvgIpc) is 2.43. The Balaban J connectivity index is 2.31. The van der Waals surface area contributed by atoms with Crippen molar-refractivity contribution in [1.29, 1.82) is 0 Å². The summed E-state index contributed by atoms with van der Waals surface area (Å²) in [5.74, 6) is -2.73. The van der Waals surface area contributed by atoms with Crippen molar-refractivity contribution in [1.82, 2.24) is 0 Å². The molecule has 1 atom stereocenters. The minimum atomic E-state index is -5.20. The Hall–Kier alpha value is -2.14. The van der Waals surface area contributed by atoms with Crippen molar-refractivity contribution in [3.05, 3.63) is 56.9 Å². The molecule has 10 heteroatoms. The zero-order valence-electron chi connectivity index (χ0n) is 11.8. The minimum Gasteiger partial charge on any atom is -0.294 e. The molecule has 0 saturated carbocycles. The van der Waals surface area contributed by atoms with Crippen LogP contribution in [0.5, 0.6) is 0 Å². The van der Waals surface area contributed by atoms with Crippen LogP contribution in [0, 0.1) is 5.92 Å². The van der Waals surface area contributed by atoms with E-state index in [1.54, 1.807) is 12.2 Å². The maximum absolute atomic E-state index is 12.4. The van der Waals surface area contributed by atoms with Gasteiger partial charge in [0.1, 0.15) is 4.91 Å². The molecule has 0 aromatic heterocycles. The molecule has 0 aromatic carbocycles. The molecule has 0 heterocycles. The third kappa shape index (κ3) is 2.63. The molecule has 24 heavy (non-hydrogen) atoms. The summed E-state index contributed by atoms with van der Waals surface area (Å²) >= 11 is 0. The van der Waals surface area contributed by atoms with Crippen molar-refractivity contribution < 1.29 is 35.5 Å². The van der Waals surface area contributed by atoms with Crippen molar-refractivity contribution in [2.45, 2.75) is 6.42 Å². The van der Waals surface area contributed by atoms with Crippen LogP contribution in [-0.4, -0.2) is 37.5 Å². The molecule has 0 fully saturated rings. The highest BCUT2D eigenvalue weighted by Crippen LogP contribution is 2.39. The first-order valence-electron chi connectivity index (χ1n) is 6.59. The molecule has 0 aromatic rings. The van der Waals surface area contributed by atoms with Crippen molar-refractivity contribution in [2.75, 3.05) is 0 Å². The van der Waals surface area contributed by atoms with Gasteiger partial charge >= 0.3 is 0 Å². The Labute approximate surface area is 137 Å². The molecule has 0 radical (unpaired) electrons. The third-order valence-corrected chi connectivity index (χ3v) is 5.73. The summed E-state index contributed by atoms with van der Waals surface area (Å²) in [5, 5.41) is 0. The third-order valence-electron chi connectivity index (χ3n) is 3.79. The van der Waals surface area contributed by atoms with Gasteiger partial charge in [-0.2, -0.15) is 16.8 Å². The lowest BCUT2D eigenvalue weighted by atomic mass is 9.78. The van der Waals surface area contributed by atoms with Gasteiger partial charge < -0.3 is 0 Å². The van der Waals surface area contributed by atoms with Crippen LogP contribution in [0.4, 0.5) is 0 Å². The molecule has 3 rings (SSSR count). The summed E-state index contributed by atoms with van der Waals surface area (Å²) in [6.07, 6.45) is 6.75. The molecule has 0 aliphatic heterocycles. The lowest BCUT2D eigenvalue weighted by Gasteiger charge is -2.27. The normalized spacial score (nSPS) is 24.1. The lowest BCUT2D eigenvalue weighted by Crippen LogP contribution is -2.30. The number of Topliss-reactive ketones (excluding diaryl/α,β-unsaturated/α-hetero) is 2. The van der Waals surface area contributed by atoms with E-state index in [4.69, 9.17) is 0 Å². The SMILES string of the molecule is O=C1CC=CC2=CC3=CC(S(=O)(=O)O)=C(S(=O)(=O)O)C(=O)C3C=C12. The van der Waals surface area contributed by atoms with E-state index in [9.17, 15) is 35.5 Å². The number of hydrogen-bond acceptors (Lipinski definition) is 6. The average molecular weight is 370 g/mol. The standard InChI is InChI=1S/C14H10O8S2/c15-11-3-1-2-7-4-8-5-12(23(17,18)19)14(24(20,21)22)13(16)10(8)6-9(7)11/h1-2,4-6,10H,3H2,(H,17,18,19)(H,20,21,22). The summed E-state index contributed by atoms with van der Waals surface area (Å²) in [7, 11) is -10.3. The van der Waals surface area contributed by atoms with Gasteiger partial charge in [0.05, 0.1) is 5.92 Å². The molecule has 8 nitrogen and oxygen atoms in total. The Morgan fingerprint density at radius 3 is 2.25 bits per heavy atom. The molecular formula is C14H10O8S2. The fraction of sp³-hybridized carbons (Fsp3) is 0.143. The second-order valence-electron chi connectivity index (χ2n) is 5.34. The maximum Gasteiger partial charge on any atom is 0.299 e. The maximum atomic E-state index is 12.4. The van der Waals surface area contributed by atoms with E-state index in [1.807, 2.05) is 0 Å². The molecular weight excluding hydrogens is 360 g/mol. The van der Waals surface area contributed by atoms with E-state index in [2.05, 4.69) is 0 Å². The fourth-order valence-electron chi connectivity index (χ4n) is 2.78. The largest absolute Gasteiger partial charge is 0.299 e. The van der Waals surface area contributed by atoms with Crippen molar-refractivity contribution in [3.63, 3.8) is 0 Å². The van der Waals surface area contributed by atoms with Crippen LogP contribution in [-0.2, 0) is 29.8 Å². The molecule has 0 saturated heterocycles. The van der Waals surface area contributed by atoms with Gasteiger partial charge in [-0.25, -0.2) is 0 Å². The Morgan fingerprint density at radius 2 is 1.67 bits per heavy atom. The second kappa shape index (κ2) is 5.18. The van der Waals surface area contributed by atoms with Crippen LogP contribution < -0.4 is 0 Å². The van der Waals surface area contributed by atoms with Crippen LogP contribution in [0.2, 0.25) is 0 Å². The first kappa shape index (κ1) is 16.7. The van der Waals surface area contributed by atoms with Crippen molar-refractivity contribution >= 4 is 31.8 Å². The second-order valence-corrected chi connectivity index (χ2v) is 8.09. The first-order chi connectivity index (χ1) is 11.0. The van der Waals surface area contributed by atoms with Gasteiger partial charge in [0.2, 0.25) is 0 Å². The zero-order valence-corrected chi connectivity index (χ0v) is 13.5. The summed E-state index contributed by atoms with van der Waals surface area (Å²) < 4.78 is 64.1. The smallest absolute Gasteiger partial charge is 0.294 e. The highest BCUT2D eigenvalue weighted by molar-refractivity contribution is 7.94. The summed E-state index contributed by atoms with van der Waals surface area (Å²) in [6.45, 7) is 0. The number of hydrogen-bond donors (Lipinski definition) is 2. The van der Waals surface area contributed by atoms with Crippen LogP contribution in [0.3, 0.4) is 0 Å². The van der Waals surface area contributed by atoms with Crippen LogP contribution >= 0.6 is 0 Å². The molecule has 126 valence electrons. The quantitative estimate of drug-likeness (QED) is 0.669. The van der Waals surface area contributed by atoms with E-state index >= 15 is 0 Å². The summed E-state index contributed by atoms with van der Waals surface area (Å²) in [6, 6.07) is 0. The predicted octanol–water partition coefficient (Wildman–Crippen LogP) is 0.494. The van der Waals surface area contributed by atoms with Crippen LogP contribution in [0.25, 0.3) is 0 Å². The lowest BCUT2D eigenvalue weighted by molar-refractivity contribution is -0.116. The zero-order chi connectivity index (χ0) is 17.9. The number of fused-ring (bicyclic) bond motifs is 2. The molecule has 0 bridgehead atoms. The van der Waals surface area contributed by atoms with E-state index in [-0.39, 0.29) is 23.4 Å². The molecule has 0 spiro atoms. The van der Waals surface area contributed by atoms with Crippen LogP contribution in [0.15, 0.2) is 56.9 Å². The molecule has 3 aliphatic rings. The number of allylic oxidation sites excluding steroid dienone is 9. The fourth-order valence-corrected chi connectivity index (χ4v) is 4.73. The molecule has 0 amide bonds. The number of rotatable bonds is 2. The highest BCUT2D eigenvalue weighted by Gasteiger charge is 2.42. The Kier molecular flexibility index (Phi) is 3.61. The Morgan fingerprint density at radius 1 is 1.00 bits per heavy atom. The monoisotopic (exact) mass is 370 g/mol. The van der Waals surface area contributed by atoms with E-state index in [0.717, 1.165) is 6.08 Å². The predicted molar refractivity (Wildman–Crippen MR) is 81.6 cm³/mol. The van der Waals surface area contributed by atoms with Crippen molar-refractivity contribution in [3.8, 4) is 0 Å². The van der Waals surface area contributed by atoms with Gasteiger partial charge in [-0.05, 0) is 23.3 Å². The Bertz CT molecular complexity index is 1050. The van der Waals surface area contributed by atoms with Crippen LogP contribution in [0.1, 0.15) is 6.42 Å². The van der Waals surface area contributed by atoms with Gasteiger partial charge in [-0.3, -0.25) is 18.7 Å². The van der Waals surface area contributed by atoms with E-state index in [0.29, 0.717) is 5.57 Å². The highest BCUT2D eigenvalue weighted by atomic mass is 32.2. The van der Waals surface area contributed by atoms with E-state index < -0.39 is 41.7 Å². The number of carbonyl (C=O) groups is 2. The summed E-state index contributed by atoms with van der Waals surface area (Å²) in [4.78, 5) is 21.7. The van der Waals surface area contributed by atoms with E-state index in [1.165, 1.54) is 12.2 Å². The van der Waals surface area contributed by atoms with Gasteiger partial charge in [0, 0.05) is 12.0 Å². The number of carbonyl (C=O) groups excluding carboxylic acids is 2. The minimum absolute atomic E-state index is 0.0955. The van der Waals surface area contributed by atoms with Gasteiger partial charge in [-0.15, -0.1) is 0 Å². The van der Waals surface area contributed by atoms with Gasteiger partial charge in [0.25, 0.3) is 20.2 Å². The topological polar surface area (TPSA) is 143 Å². The molecule has 2 N–H and O–H groups in total. The summed E-state index contributed by atoms with van der Waals surface area (Å²) in [5.41, 5.74) is 0.766. The van der Waals surface area contributed by atoms with Gasteiger partial charge in [-0.1, -0.05) is 18.2 Å². The molecule has 1 unspecified atom stereocenters. The van der Waals surface area contributed by atoms with Gasteiger partial charge in [0.15, 0.2) is 16.5 Å². The number of ketones is 2. The van der Waals surface area contributed by atoms with Crippen molar-refractivity contribution in [2.24, 2.45) is 5.92 Å². The molecule has 3 aliphatic carbocycles.